The summed E-state index contributed by atoms with van der Waals surface area (Å²) in [5.41, 5.74) is 2.57. The second-order valence-electron chi connectivity index (χ2n) is 4.53. The second kappa shape index (κ2) is 8.99. The Hall–Kier alpha value is -1.00. The Balaban J connectivity index is 2.41. The van der Waals surface area contributed by atoms with E-state index in [1.54, 1.807) is 11.8 Å². The lowest BCUT2D eigenvalue weighted by Crippen LogP contribution is -2.40. The quantitative estimate of drug-likeness (QED) is 0.744. The van der Waals surface area contributed by atoms with Crippen LogP contribution >= 0.6 is 11.8 Å². The Labute approximate surface area is 120 Å². The summed E-state index contributed by atoms with van der Waals surface area (Å²) >= 11 is 1.75. The number of ether oxygens (including phenoxy) is 1. The zero-order chi connectivity index (χ0) is 14.1. The standard InChI is InChI=1S/C15H23NO2S/c1-4-8-16-14(15(17)18-3)11-19-10-13-7-5-6-12(2)9-13/h5-7,9,14,16H,4,8,10-11H2,1-3H3. The number of nitrogens with one attached hydrogen (secondary N) is 1. The molecule has 1 aromatic rings. The number of thioether (sulfide) groups is 1. The van der Waals surface area contributed by atoms with Crippen molar-refractivity contribution in [2.75, 3.05) is 19.4 Å². The molecule has 0 fully saturated rings. The highest BCUT2D eigenvalue weighted by molar-refractivity contribution is 7.98. The van der Waals surface area contributed by atoms with Crippen molar-refractivity contribution in [1.82, 2.24) is 5.32 Å². The summed E-state index contributed by atoms with van der Waals surface area (Å²) in [7, 11) is 1.44. The molecule has 0 saturated heterocycles. The lowest BCUT2D eigenvalue weighted by Gasteiger charge is -2.15. The normalized spacial score (nSPS) is 12.2. The smallest absolute Gasteiger partial charge is 0.323 e. The molecule has 0 heterocycles. The highest BCUT2D eigenvalue weighted by Crippen LogP contribution is 2.14. The van der Waals surface area contributed by atoms with Crippen LogP contribution in [0.25, 0.3) is 0 Å². The van der Waals surface area contributed by atoms with Gasteiger partial charge in [0.1, 0.15) is 6.04 Å². The SMILES string of the molecule is CCCNC(CSCc1cccc(C)c1)C(=O)OC. The average molecular weight is 281 g/mol. The number of rotatable bonds is 8. The first-order chi connectivity index (χ1) is 9.17. The maximum atomic E-state index is 11.6. The number of benzene rings is 1. The van der Waals surface area contributed by atoms with Crippen LogP contribution in [-0.2, 0) is 15.3 Å². The zero-order valence-corrected chi connectivity index (χ0v) is 12.8. The van der Waals surface area contributed by atoms with Gasteiger partial charge in [-0.15, -0.1) is 0 Å². The summed E-state index contributed by atoms with van der Waals surface area (Å²) in [5.74, 6) is 1.48. The molecule has 4 heteroatoms. The average Bonchev–Trinajstić information content (AvgIpc) is 2.42. The third-order valence-electron chi connectivity index (χ3n) is 2.76. The third-order valence-corrected chi connectivity index (χ3v) is 3.87. The molecule has 106 valence electrons. The lowest BCUT2D eigenvalue weighted by molar-refractivity contribution is -0.142. The molecule has 1 rings (SSSR count). The first kappa shape index (κ1) is 16.1. The van der Waals surface area contributed by atoms with Crippen LogP contribution in [0.3, 0.4) is 0 Å². The van der Waals surface area contributed by atoms with Gasteiger partial charge in [0, 0.05) is 11.5 Å². The fourth-order valence-corrected chi connectivity index (χ4v) is 2.79. The summed E-state index contributed by atoms with van der Waals surface area (Å²) in [4.78, 5) is 11.6. The highest BCUT2D eigenvalue weighted by Gasteiger charge is 2.17. The molecule has 0 amide bonds. The van der Waals surface area contributed by atoms with Crippen molar-refractivity contribution in [2.45, 2.75) is 32.1 Å². The largest absolute Gasteiger partial charge is 0.468 e. The Kier molecular flexibility index (Phi) is 7.60. The number of hydrogen-bond donors (Lipinski definition) is 1. The van der Waals surface area contributed by atoms with Crippen LogP contribution in [0.1, 0.15) is 24.5 Å². The molecule has 19 heavy (non-hydrogen) atoms. The summed E-state index contributed by atoms with van der Waals surface area (Å²) in [6, 6.07) is 8.25. The molecule has 0 spiro atoms. The second-order valence-corrected chi connectivity index (χ2v) is 5.56. The molecule has 1 unspecified atom stereocenters. The van der Waals surface area contributed by atoms with Crippen LogP contribution in [0.2, 0.25) is 0 Å². The van der Waals surface area contributed by atoms with Gasteiger partial charge >= 0.3 is 5.97 Å². The zero-order valence-electron chi connectivity index (χ0n) is 11.9. The van der Waals surface area contributed by atoms with Crippen molar-refractivity contribution < 1.29 is 9.53 Å². The first-order valence-electron chi connectivity index (χ1n) is 6.62. The first-order valence-corrected chi connectivity index (χ1v) is 7.77. The van der Waals surface area contributed by atoms with E-state index in [0.717, 1.165) is 24.5 Å². The molecule has 0 aromatic heterocycles. The van der Waals surface area contributed by atoms with E-state index in [2.05, 4.69) is 43.4 Å². The molecule has 0 aliphatic rings. The van der Waals surface area contributed by atoms with Gasteiger partial charge in [0.25, 0.3) is 0 Å². The van der Waals surface area contributed by atoms with Gasteiger partial charge in [-0.05, 0) is 25.5 Å². The molecule has 1 aromatic carbocycles. The van der Waals surface area contributed by atoms with Gasteiger partial charge in [0.15, 0.2) is 0 Å². The van der Waals surface area contributed by atoms with Gasteiger partial charge < -0.3 is 10.1 Å². The molecule has 0 aliphatic heterocycles. The molecule has 0 aliphatic carbocycles. The van der Waals surface area contributed by atoms with Gasteiger partial charge in [-0.3, -0.25) is 4.79 Å². The highest BCUT2D eigenvalue weighted by atomic mass is 32.2. The summed E-state index contributed by atoms with van der Waals surface area (Å²) in [6.07, 6.45) is 1.01. The third kappa shape index (κ3) is 6.12. The Morgan fingerprint density at radius 3 is 2.89 bits per heavy atom. The monoisotopic (exact) mass is 281 g/mol. The van der Waals surface area contributed by atoms with E-state index >= 15 is 0 Å². The van der Waals surface area contributed by atoms with Gasteiger partial charge in [-0.1, -0.05) is 36.8 Å². The Bertz CT molecular complexity index is 395. The predicted molar refractivity (Wildman–Crippen MR) is 81.4 cm³/mol. The van der Waals surface area contributed by atoms with E-state index in [1.165, 1.54) is 18.2 Å². The van der Waals surface area contributed by atoms with Crippen LogP contribution < -0.4 is 5.32 Å². The maximum absolute atomic E-state index is 11.6. The van der Waals surface area contributed by atoms with Crippen molar-refractivity contribution in [3.8, 4) is 0 Å². The van der Waals surface area contributed by atoms with E-state index in [1.807, 2.05) is 0 Å². The van der Waals surface area contributed by atoms with E-state index in [4.69, 9.17) is 4.74 Å². The molecule has 1 atom stereocenters. The number of methoxy groups -OCH3 is 1. The van der Waals surface area contributed by atoms with Gasteiger partial charge in [0.05, 0.1) is 7.11 Å². The fraction of sp³-hybridized carbons (Fsp3) is 0.533. The maximum Gasteiger partial charge on any atom is 0.323 e. The van der Waals surface area contributed by atoms with Gasteiger partial charge in [-0.25, -0.2) is 0 Å². The number of carbonyl (C=O) groups is 1. The van der Waals surface area contributed by atoms with Crippen LogP contribution in [-0.4, -0.2) is 31.4 Å². The summed E-state index contributed by atoms with van der Waals surface area (Å²) < 4.78 is 4.82. The molecule has 1 N–H and O–H groups in total. The minimum absolute atomic E-state index is 0.176. The molecular formula is C15H23NO2S. The van der Waals surface area contributed by atoms with Crippen molar-refractivity contribution in [3.63, 3.8) is 0 Å². The van der Waals surface area contributed by atoms with Crippen molar-refractivity contribution >= 4 is 17.7 Å². The number of aryl methyl sites for hydroxylation is 1. The van der Waals surface area contributed by atoms with E-state index in [9.17, 15) is 4.79 Å². The molecule has 0 radical (unpaired) electrons. The van der Waals surface area contributed by atoms with Crippen LogP contribution in [0.4, 0.5) is 0 Å². The van der Waals surface area contributed by atoms with Crippen molar-refractivity contribution in [1.29, 1.82) is 0 Å². The summed E-state index contributed by atoms with van der Waals surface area (Å²) in [6.45, 7) is 5.01. The van der Waals surface area contributed by atoms with Gasteiger partial charge in [-0.2, -0.15) is 11.8 Å². The van der Waals surface area contributed by atoms with Crippen molar-refractivity contribution in [3.05, 3.63) is 35.4 Å². The van der Waals surface area contributed by atoms with E-state index in [0.29, 0.717) is 0 Å². The molecule has 0 saturated carbocycles. The number of carbonyl (C=O) groups excluding carboxylic acids is 1. The predicted octanol–water partition coefficient (Wildman–Crippen LogP) is 2.77. The van der Waals surface area contributed by atoms with E-state index < -0.39 is 0 Å². The topological polar surface area (TPSA) is 38.3 Å². The van der Waals surface area contributed by atoms with Crippen LogP contribution in [0.15, 0.2) is 24.3 Å². The lowest BCUT2D eigenvalue weighted by atomic mass is 10.2. The molecular weight excluding hydrogens is 258 g/mol. The van der Waals surface area contributed by atoms with Gasteiger partial charge in [0.2, 0.25) is 0 Å². The fourth-order valence-electron chi connectivity index (χ4n) is 1.77. The minimum atomic E-state index is -0.209. The molecule has 3 nitrogen and oxygen atoms in total. The van der Waals surface area contributed by atoms with Crippen LogP contribution in [0, 0.1) is 6.92 Å². The van der Waals surface area contributed by atoms with Crippen molar-refractivity contribution in [2.24, 2.45) is 0 Å². The van der Waals surface area contributed by atoms with E-state index in [-0.39, 0.29) is 12.0 Å². The minimum Gasteiger partial charge on any atom is -0.468 e. The Morgan fingerprint density at radius 2 is 2.26 bits per heavy atom. The number of hydrogen-bond acceptors (Lipinski definition) is 4. The Morgan fingerprint density at radius 1 is 1.47 bits per heavy atom. The number of esters is 1. The summed E-state index contributed by atoms with van der Waals surface area (Å²) in [5, 5.41) is 3.22. The molecule has 0 bridgehead atoms. The van der Waals surface area contributed by atoms with Crippen LogP contribution in [0.5, 0.6) is 0 Å².